The molecule has 0 saturated heterocycles. The zero-order valence-electron chi connectivity index (χ0n) is 11.3. The number of anilines is 1. The Morgan fingerprint density at radius 2 is 1.85 bits per heavy atom. The molecule has 0 radical (unpaired) electrons. The van der Waals surface area contributed by atoms with Crippen LogP contribution in [0.3, 0.4) is 0 Å². The summed E-state index contributed by atoms with van der Waals surface area (Å²) in [5.41, 5.74) is -0.138. The summed E-state index contributed by atoms with van der Waals surface area (Å²) in [6, 6.07) is 3.31. The molecule has 1 N–H and O–H groups in total. The Morgan fingerprint density at radius 3 is 2.35 bits per heavy atom. The lowest BCUT2D eigenvalue weighted by Crippen LogP contribution is -2.23. The number of rotatable bonds is 5. The number of ether oxygens (including phenoxy) is 3. The van der Waals surface area contributed by atoms with Crippen molar-refractivity contribution in [3.8, 4) is 5.75 Å². The van der Waals surface area contributed by atoms with Crippen molar-refractivity contribution < 1.29 is 23.8 Å². The van der Waals surface area contributed by atoms with Crippen molar-refractivity contribution in [3.05, 3.63) is 29.2 Å². The van der Waals surface area contributed by atoms with Crippen LogP contribution in [0.15, 0.2) is 18.2 Å². The van der Waals surface area contributed by atoms with Crippen LogP contribution < -0.4 is 9.96 Å². The first-order chi connectivity index (χ1) is 9.55. The molecule has 112 valence electrons. The van der Waals surface area contributed by atoms with Gasteiger partial charge in [0.15, 0.2) is 0 Å². The highest BCUT2D eigenvalue weighted by Crippen LogP contribution is 2.33. The average Bonchev–Trinajstić information content (AvgIpc) is 2.80. The molecule has 1 fully saturated rings. The third kappa shape index (κ3) is 3.18. The zero-order chi connectivity index (χ0) is 14.7. The molecule has 1 aliphatic rings. The molecule has 0 bridgehead atoms. The summed E-state index contributed by atoms with van der Waals surface area (Å²) in [7, 11) is 3.17. The maximum absolute atomic E-state index is 13.2. The Hall–Kier alpha value is -1.41. The van der Waals surface area contributed by atoms with E-state index < -0.39 is 5.82 Å². The normalized spacial score (nSPS) is 25.8. The molecule has 1 unspecified atom stereocenters. The Morgan fingerprint density at radius 1 is 1.25 bits per heavy atom. The van der Waals surface area contributed by atoms with Crippen LogP contribution in [0, 0.1) is 11.0 Å². The summed E-state index contributed by atoms with van der Waals surface area (Å²) in [6.45, 7) is 0. The van der Waals surface area contributed by atoms with Gasteiger partial charge in [0.05, 0.1) is 17.9 Å². The Bertz CT molecular complexity index is 444. The molecule has 1 aliphatic carbocycles. The van der Waals surface area contributed by atoms with Crippen LogP contribution in [-0.4, -0.2) is 37.7 Å². The molecule has 7 heteroatoms. The molecule has 0 aliphatic heterocycles. The second kappa shape index (κ2) is 6.36. The fourth-order valence-electron chi connectivity index (χ4n) is 2.43. The summed E-state index contributed by atoms with van der Waals surface area (Å²) < 4.78 is 29.4. The van der Waals surface area contributed by atoms with Gasteiger partial charge in [-0.2, -0.15) is 0 Å². The van der Waals surface area contributed by atoms with Gasteiger partial charge in [-0.3, -0.25) is 5.21 Å². The first-order valence-corrected chi connectivity index (χ1v) is 6.23. The largest absolute Gasteiger partial charge is 0.733 e. The van der Waals surface area contributed by atoms with Gasteiger partial charge in [-0.15, -0.1) is 0 Å². The van der Waals surface area contributed by atoms with Crippen molar-refractivity contribution in [3.63, 3.8) is 0 Å². The van der Waals surface area contributed by atoms with Crippen LogP contribution in [0.1, 0.15) is 12.8 Å². The predicted molar refractivity (Wildman–Crippen MR) is 69.3 cm³/mol. The molecule has 0 spiro atoms. The van der Waals surface area contributed by atoms with E-state index in [-0.39, 0.29) is 35.0 Å². The number of benzene rings is 1. The molecule has 6 nitrogen and oxygen atoms in total. The summed E-state index contributed by atoms with van der Waals surface area (Å²) >= 11 is 0. The van der Waals surface area contributed by atoms with Crippen LogP contribution in [-0.2, 0) is 9.47 Å². The second-order valence-electron chi connectivity index (χ2n) is 4.64. The van der Waals surface area contributed by atoms with Gasteiger partial charge in [0, 0.05) is 33.1 Å². The number of hydrogen-bond acceptors (Lipinski definition) is 6. The molecule has 3 atom stereocenters. The van der Waals surface area contributed by atoms with Gasteiger partial charge in [-0.1, -0.05) is 0 Å². The van der Waals surface area contributed by atoms with E-state index >= 15 is 0 Å². The standard InChI is InChI=1S/C13H17FNO5/c1-18-12-6-9(7-13(12)19-2)20-11-5-8(14)3-4-10(11)15(16)17/h3-5,9,12-13,16H,6-7H2,1-2H3/q-1/t9?,12-,13+. The van der Waals surface area contributed by atoms with Gasteiger partial charge in [0.1, 0.15) is 17.7 Å². The molecular weight excluding hydrogens is 269 g/mol. The predicted octanol–water partition coefficient (Wildman–Crippen LogP) is 2.09. The Labute approximate surface area is 116 Å². The van der Waals surface area contributed by atoms with E-state index in [9.17, 15) is 9.60 Å². The fraction of sp³-hybridized carbons (Fsp3) is 0.538. The topological polar surface area (TPSA) is 74.2 Å². The van der Waals surface area contributed by atoms with Gasteiger partial charge >= 0.3 is 0 Å². The van der Waals surface area contributed by atoms with Gasteiger partial charge in [-0.05, 0) is 12.1 Å². The minimum absolute atomic E-state index is 0.000828. The van der Waals surface area contributed by atoms with Crippen LogP contribution in [0.4, 0.5) is 10.1 Å². The molecular formula is C13H17FNO5-. The summed E-state index contributed by atoms with van der Waals surface area (Å²) in [5, 5.41) is 19.7. The highest BCUT2D eigenvalue weighted by molar-refractivity contribution is 5.57. The molecule has 1 aromatic rings. The maximum atomic E-state index is 13.2. The average molecular weight is 286 g/mol. The summed E-state index contributed by atoms with van der Waals surface area (Å²) in [4.78, 5) is 0. The molecule has 1 aromatic carbocycles. The van der Waals surface area contributed by atoms with Gasteiger partial charge in [0.25, 0.3) is 0 Å². The quantitative estimate of drug-likeness (QED) is 0.835. The van der Waals surface area contributed by atoms with E-state index in [1.165, 1.54) is 0 Å². The molecule has 20 heavy (non-hydrogen) atoms. The van der Waals surface area contributed by atoms with Crippen molar-refractivity contribution in [2.24, 2.45) is 0 Å². The minimum Gasteiger partial charge on any atom is -0.733 e. The molecule has 0 amide bonds. The van der Waals surface area contributed by atoms with E-state index in [1.54, 1.807) is 14.2 Å². The smallest absolute Gasteiger partial charge is 0.147 e. The SMILES string of the molecule is CO[C@H]1CC(Oc2cc(F)ccc2N([O-])O)C[C@H]1OC. The van der Waals surface area contributed by atoms with Crippen LogP contribution in [0.25, 0.3) is 0 Å². The third-order valence-corrected chi connectivity index (χ3v) is 3.43. The first-order valence-electron chi connectivity index (χ1n) is 6.23. The third-order valence-electron chi connectivity index (χ3n) is 3.43. The van der Waals surface area contributed by atoms with E-state index in [1.807, 2.05) is 0 Å². The van der Waals surface area contributed by atoms with Crippen molar-refractivity contribution >= 4 is 5.69 Å². The van der Waals surface area contributed by atoms with E-state index in [4.69, 9.17) is 19.4 Å². The lowest BCUT2D eigenvalue weighted by molar-refractivity contribution is -0.0157. The van der Waals surface area contributed by atoms with Crippen LogP contribution in [0.2, 0.25) is 0 Å². The Balaban J connectivity index is 2.12. The van der Waals surface area contributed by atoms with Crippen molar-refractivity contribution in [2.75, 3.05) is 19.4 Å². The van der Waals surface area contributed by atoms with E-state index in [0.29, 0.717) is 12.8 Å². The number of methoxy groups -OCH3 is 2. The maximum Gasteiger partial charge on any atom is 0.147 e. The number of nitrogens with zero attached hydrogens (tertiary/aromatic N) is 1. The highest BCUT2D eigenvalue weighted by atomic mass is 19.1. The molecule has 1 saturated carbocycles. The second-order valence-corrected chi connectivity index (χ2v) is 4.64. The first kappa shape index (κ1) is 15.0. The zero-order valence-corrected chi connectivity index (χ0v) is 11.3. The lowest BCUT2D eigenvalue weighted by Gasteiger charge is -2.25. The van der Waals surface area contributed by atoms with Crippen molar-refractivity contribution in [2.45, 2.75) is 31.2 Å². The highest BCUT2D eigenvalue weighted by Gasteiger charge is 2.36. The minimum atomic E-state index is -0.546. The monoisotopic (exact) mass is 286 g/mol. The molecule has 2 rings (SSSR count). The van der Waals surface area contributed by atoms with Crippen LogP contribution >= 0.6 is 0 Å². The van der Waals surface area contributed by atoms with Gasteiger partial charge in [0.2, 0.25) is 0 Å². The van der Waals surface area contributed by atoms with Crippen LogP contribution in [0.5, 0.6) is 5.75 Å². The van der Waals surface area contributed by atoms with E-state index in [2.05, 4.69) is 0 Å². The summed E-state index contributed by atoms with van der Waals surface area (Å²) in [6.07, 6.45) is 0.634. The van der Waals surface area contributed by atoms with Gasteiger partial charge < -0.3 is 24.6 Å². The fourth-order valence-corrected chi connectivity index (χ4v) is 2.43. The van der Waals surface area contributed by atoms with E-state index in [0.717, 1.165) is 18.2 Å². The van der Waals surface area contributed by atoms with Gasteiger partial charge in [-0.25, -0.2) is 4.39 Å². The number of hydrogen-bond donors (Lipinski definition) is 1. The van der Waals surface area contributed by atoms with Crippen molar-refractivity contribution in [1.29, 1.82) is 0 Å². The Kier molecular flexibility index (Phi) is 4.77. The van der Waals surface area contributed by atoms with Crippen molar-refractivity contribution in [1.82, 2.24) is 0 Å². The molecule has 0 heterocycles. The number of halogens is 1. The lowest BCUT2D eigenvalue weighted by atomic mass is 10.2. The molecule has 0 aromatic heterocycles. The summed E-state index contributed by atoms with van der Waals surface area (Å²) in [5.74, 6) is -0.547.